The molecule has 1 spiro atoms. The second-order valence-corrected chi connectivity index (χ2v) is 15.1. The Morgan fingerprint density at radius 2 is 1.50 bits per heavy atom. The van der Waals surface area contributed by atoms with E-state index >= 15 is 0 Å². The molecule has 4 aliphatic rings. The molecule has 11 heteroatoms. The van der Waals surface area contributed by atoms with Crippen LogP contribution >= 0.6 is 24.8 Å². The maximum absolute atomic E-state index is 13.6. The molecule has 1 N–H and O–H groups in total. The van der Waals surface area contributed by atoms with Crippen LogP contribution in [-0.4, -0.2) is 86.1 Å². The molecule has 2 aromatic rings. The van der Waals surface area contributed by atoms with Crippen molar-refractivity contribution in [2.75, 3.05) is 45.5 Å². The number of carbonyl (C=O) groups is 2. The Kier molecular flexibility index (Phi) is 11.4. The fourth-order valence-corrected chi connectivity index (χ4v) is 8.37. The van der Waals surface area contributed by atoms with E-state index in [4.69, 9.17) is 0 Å². The zero-order valence-electron chi connectivity index (χ0n) is 25.5. The van der Waals surface area contributed by atoms with E-state index in [-0.39, 0.29) is 48.2 Å². The van der Waals surface area contributed by atoms with Gasteiger partial charge in [-0.1, -0.05) is 61.7 Å². The lowest BCUT2D eigenvalue weighted by Crippen LogP contribution is -2.55. The van der Waals surface area contributed by atoms with Gasteiger partial charge in [0, 0.05) is 51.4 Å². The number of hydrogen-bond donors (Lipinski definition) is 1. The van der Waals surface area contributed by atoms with Crippen molar-refractivity contribution in [1.29, 1.82) is 0 Å². The third-order valence-electron chi connectivity index (χ3n) is 10.1. The number of nitrogens with zero attached hydrogens (tertiary/aromatic N) is 3. The number of sulfone groups is 1. The van der Waals surface area contributed by atoms with Crippen LogP contribution in [0.1, 0.15) is 62.0 Å². The molecular formula is C33H46Cl2N4O4S. The fraction of sp³-hybridized carbons (Fsp3) is 0.576. The average Bonchev–Trinajstić information content (AvgIpc) is 3.48. The number of carbonyl (C=O) groups excluding carboxylic acids is 2. The van der Waals surface area contributed by atoms with Crippen molar-refractivity contribution in [3.05, 3.63) is 65.7 Å². The third-order valence-corrected chi connectivity index (χ3v) is 11.3. The summed E-state index contributed by atoms with van der Waals surface area (Å²) in [6.45, 7) is 6.17. The van der Waals surface area contributed by atoms with Crippen LogP contribution < -0.4 is 5.32 Å². The van der Waals surface area contributed by atoms with Crippen LogP contribution in [0.25, 0.3) is 0 Å². The SMILES string of the molecule is CS(=O)(=O)c1ccc(CN2C(=O)NC3(CCN(C[C@H]4CN(CC5CCCCC5)C[C@@H]4c4ccccc4)CC3)C2=O)cc1.Cl.Cl. The summed E-state index contributed by atoms with van der Waals surface area (Å²) in [5.74, 6) is 1.73. The van der Waals surface area contributed by atoms with Crippen molar-refractivity contribution in [3.8, 4) is 0 Å². The molecule has 4 fully saturated rings. The van der Waals surface area contributed by atoms with E-state index in [1.54, 1.807) is 12.1 Å². The van der Waals surface area contributed by atoms with E-state index in [1.165, 1.54) is 61.2 Å². The number of benzene rings is 2. The summed E-state index contributed by atoms with van der Waals surface area (Å²) < 4.78 is 23.6. The molecule has 8 nitrogen and oxygen atoms in total. The summed E-state index contributed by atoms with van der Waals surface area (Å²) in [5.41, 5.74) is 1.31. The molecule has 0 radical (unpaired) electrons. The quantitative estimate of drug-likeness (QED) is 0.394. The molecule has 3 amide bonds. The smallest absolute Gasteiger partial charge is 0.323 e. The number of urea groups is 1. The summed E-state index contributed by atoms with van der Waals surface area (Å²) in [5, 5.41) is 3.03. The lowest BCUT2D eigenvalue weighted by Gasteiger charge is -2.39. The second-order valence-electron chi connectivity index (χ2n) is 13.1. The summed E-state index contributed by atoms with van der Waals surface area (Å²) >= 11 is 0. The first-order chi connectivity index (χ1) is 20.2. The van der Waals surface area contributed by atoms with Crippen molar-refractivity contribution < 1.29 is 18.0 Å². The van der Waals surface area contributed by atoms with Crippen LogP contribution in [0.15, 0.2) is 59.5 Å². The Morgan fingerprint density at radius 3 is 2.14 bits per heavy atom. The van der Waals surface area contributed by atoms with Gasteiger partial charge in [-0.15, -0.1) is 24.8 Å². The zero-order valence-corrected chi connectivity index (χ0v) is 28.0. The second kappa shape index (κ2) is 14.5. The fourth-order valence-electron chi connectivity index (χ4n) is 7.74. The maximum atomic E-state index is 13.6. The average molecular weight is 666 g/mol. The zero-order chi connectivity index (χ0) is 29.3. The molecule has 44 heavy (non-hydrogen) atoms. The molecule has 3 aliphatic heterocycles. The third kappa shape index (κ3) is 7.61. The summed E-state index contributed by atoms with van der Waals surface area (Å²) in [6, 6.07) is 17.0. The molecule has 6 rings (SSSR count). The number of amides is 3. The van der Waals surface area contributed by atoms with E-state index in [0.717, 1.165) is 50.5 Å². The van der Waals surface area contributed by atoms with Gasteiger partial charge in [0.25, 0.3) is 5.91 Å². The molecule has 3 heterocycles. The van der Waals surface area contributed by atoms with Crippen molar-refractivity contribution >= 4 is 46.6 Å². The van der Waals surface area contributed by atoms with Crippen molar-refractivity contribution in [2.24, 2.45) is 11.8 Å². The highest BCUT2D eigenvalue weighted by molar-refractivity contribution is 7.90. The molecule has 0 aromatic heterocycles. The summed E-state index contributed by atoms with van der Waals surface area (Å²) in [6.07, 6.45) is 9.26. The van der Waals surface area contributed by atoms with E-state index in [0.29, 0.717) is 24.7 Å². The van der Waals surface area contributed by atoms with Gasteiger partial charge in [0.1, 0.15) is 5.54 Å². The number of piperidine rings is 1. The highest BCUT2D eigenvalue weighted by Gasteiger charge is 2.52. The Morgan fingerprint density at radius 1 is 0.841 bits per heavy atom. The number of imide groups is 1. The van der Waals surface area contributed by atoms with E-state index in [9.17, 15) is 18.0 Å². The first kappa shape index (κ1) is 34.7. The maximum Gasteiger partial charge on any atom is 0.325 e. The summed E-state index contributed by atoms with van der Waals surface area (Å²) in [7, 11) is -3.30. The van der Waals surface area contributed by atoms with Crippen LogP contribution in [-0.2, 0) is 21.2 Å². The number of likely N-dealkylation sites (tertiary alicyclic amines) is 2. The predicted molar refractivity (Wildman–Crippen MR) is 177 cm³/mol. The number of halogens is 2. The van der Waals surface area contributed by atoms with Crippen LogP contribution in [0, 0.1) is 11.8 Å². The highest BCUT2D eigenvalue weighted by Crippen LogP contribution is 2.37. The normalized spacial score (nSPS) is 24.6. The van der Waals surface area contributed by atoms with Gasteiger partial charge in [0.2, 0.25) is 0 Å². The minimum absolute atomic E-state index is 0. The van der Waals surface area contributed by atoms with Crippen molar-refractivity contribution in [3.63, 3.8) is 0 Å². The van der Waals surface area contributed by atoms with Gasteiger partial charge >= 0.3 is 6.03 Å². The van der Waals surface area contributed by atoms with Crippen molar-refractivity contribution in [1.82, 2.24) is 20.0 Å². The van der Waals surface area contributed by atoms with Gasteiger partial charge in [-0.05, 0) is 60.8 Å². The Balaban J connectivity index is 0.00000221. The first-order valence-corrected chi connectivity index (χ1v) is 17.5. The van der Waals surface area contributed by atoms with E-state index in [1.807, 2.05) is 0 Å². The molecule has 0 unspecified atom stereocenters. The van der Waals surface area contributed by atoms with Gasteiger partial charge in [0.15, 0.2) is 9.84 Å². The number of hydrogen-bond acceptors (Lipinski definition) is 6. The molecule has 0 bridgehead atoms. The highest BCUT2D eigenvalue weighted by atomic mass is 35.5. The van der Waals surface area contributed by atoms with Crippen LogP contribution in [0.3, 0.4) is 0 Å². The lowest BCUT2D eigenvalue weighted by atomic mass is 9.85. The van der Waals surface area contributed by atoms with E-state index in [2.05, 4.69) is 45.4 Å². The first-order valence-electron chi connectivity index (χ1n) is 15.6. The van der Waals surface area contributed by atoms with Gasteiger partial charge in [-0.25, -0.2) is 13.2 Å². The lowest BCUT2D eigenvalue weighted by molar-refractivity contribution is -0.133. The minimum Gasteiger partial charge on any atom is -0.323 e. The van der Waals surface area contributed by atoms with Gasteiger partial charge in [-0.2, -0.15) is 0 Å². The predicted octanol–water partition coefficient (Wildman–Crippen LogP) is 5.12. The molecule has 3 saturated heterocycles. The Bertz CT molecular complexity index is 1380. The molecule has 1 saturated carbocycles. The Labute approximate surface area is 274 Å². The molecule has 2 atom stereocenters. The topological polar surface area (TPSA) is 90.0 Å². The monoisotopic (exact) mass is 664 g/mol. The van der Waals surface area contributed by atoms with Gasteiger partial charge < -0.3 is 15.1 Å². The van der Waals surface area contributed by atoms with Crippen LogP contribution in [0.2, 0.25) is 0 Å². The number of nitrogens with one attached hydrogen (secondary N) is 1. The Hall–Kier alpha value is -2.17. The van der Waals surface area contributed by atoms with Crippen LogP contribution in [0.4, 0.5) is 4.79 Å². The summed E-state index contributed by atoms with van der Waals surface area (Å²) in [4.78, 5) is 33.2. The molecule has 2 aromatic carbocycles. The van der Waals surface area contributed by atoms with Gasteiger partial charge in [-0.3, -0.25) is 9.69 Å². The number of rotatable bonds is 8. The minimum atomic E-state index is -3.30. The largest absolute Gasteiger partial charge is 0.325 e. The van der Waals surface area contributed by atoms with Crippen LogP contribution in [0.5, 0.6) is 0 Å². The van der Waals surface area contributed by atoms with E-state index < -0.39 is 15.4 Å². The molecule has 242 valence electrons. The van der Waals surface area contributed by atoms with Gasteiger partial charge in [0.05, 0.1) is 11.4 Å². The standard InChI is InChI=1S/C33H44N4O4S.2ClH/c1-42(40,41)29-14-12-26(13-15-29)21-37-31(38)33(34-32(37)39)16-18-35(19-17-33)22-28-23-36(20-25-8-4-2-5-9-25)24-30(28)27-10-6-3-7-11-27;;/h3,6-7,10-15,25,28,30H,2,4-5,8-9,16-24H2,1H3,(H,34,39);2*1H/t28-,30+;;/m0../s1. The molecular weight excluding hydrogens is 619 g/mol. The van der Waals surface area contributed by atoms with Crippen molar-refractivity contribution in [2.45, 2.75) is 67.8 Å². The molecule has 1 aliphatic carbocycles.